The van der Waals surface area contributed by atoms with Gasteiger partial charge in [0.05, 0.1) is 5.67 Å². The molecular formula is C7H17NO4Si. The number of hydrogen-bond donors (Lipinski definition) is 1. The summed E-state index contributed by atoms with van der Waals surface area (Å²) >= 11 is 0. The molecule has 1 N–H and O–H groups in total. The molecule has 0 aromatic carbocycles. The third kappa shape index (κ3) is 3.07. The van der Waals surface area contributed by atoms with E-state index in [0.717, 1.165) is 0 Å². The van der Waals surface area contributed by atoms with Crippen molar-refractivity contribution in [3.8, 4) is 0 Å². The predicted molar refractivity (Wildman–Crippen MR) is 50.1 cm³/mol. The molecule has 0 aromatic heterocycles. The quantitative estimate of drug-likeness (QED) is 0.641. The molecule has 0 aromatic rings. The first-order chi connectivity index (χ1) is 6.02. The van der Waals surface area contributed by atoms with Crippen molar-refractivity contribution in [2.75, 3.05) is 21.3 Å². The summed E-state index contributed by atoms with van der Waals surface area (Å²) in [7, 11) is 1.82. The molecule has 0 rings (SSSR count). The van der Waals surface area contributed by atoms with Gasteiger partial charge in [-0.15, -0.1) is 0 Å². The maximum Gasteiger partial charge on any atom is 0.523 e. The van der Waals surface area contributed by atoms with Crippen LogP contribution in [0.25, 0.3) is 0 Å². The van der Waals surface area contributed by atoms with E-state index in [1.165, 1.54) is 28.3 Å². The number of nitrogens with one attached hydrogen (secondary N) is 1. The SMILES string of the molecule is CO[Si](OC)(OC)C(C)NC(C)=O. The zero-order chi connectivity index (χ0) is 10.5. The molecule has 0 aliphatic rings. The fourth-order valence-electron chi connectivity index (χ4n) is 1.17. The average molecular weight is 207 g/mol. The van der Waals surface area contributed by atoms with E-state index in [0.29, 0.717) is 0 Å². The van der Waals surface area contributed by atoms with E-state index < -0.39 is 8.80 Å². The zero-order valence-corrected chi connectivity index (χ0v) is 9.71. The van der Waals surface area contributed by atoms with Crippen LogP contribution in [0.3, 0.4) is 0 Å². The van der Waals surface area contributed by atoms with Gasteiger partial charge in [-0.05, 0) is 6.92 Å². The minimum atomic E-state index is -2.72. The highest BCUT2D eigenvalue weighted by Gasteiger charge is 2.45. The van der Waals surface area contributed by atoms with Crippen molar-refractivity contribution in [3.05, 3.63) is 0 Å². The monoisotopic (exact) mass is 207 g/mol. The molecule has 13 heavy (non-hydrogen) atoms. The Morgan fingerprint density at radius 1 is 1.23 bits per heavy atom. The molecule has 0 bridgehead atoms. The maximum atomic E-state index is 10.8. The minimum absolute atomic E-state index is 0.129. The Balaban J connectivity index is 4.43. The van der Waals surface area contributed by atoms with Crippen LogP contribution in [0.2, 0.25) is 0 Å². The Labute approximate surface area is 79.7 Å². The molecule has 0 saturated carbocycles. The van der Waals surface area contributed by atoms with Gasteiger partial charge in [-0.2, -0.15) is 0 Å². The molecule has 78 valence electrons. The third-order valence-electron chi connectivity index (χ3n) is 1.80. The topological polar surface area (TPSA) is 56.8 Å². The first-order valence-electron chi connectivity index (χ1n) is 3.95. The lowest BCUT2D eigenvalue weighted by Gasteiger charge is -2.30. The van der Waals surface area contributed by atoms with E-state index in [9.17, 15) is 4.79 Å². The number of rotatable bonds is 5. The van der Waals surface area contributed by atoms with E-state index in [2.05, 4.69) is 5.32 Å². The van der Waals surface area contributed by atoms with Crippen LogP contribution < -0.4 is 5.32 Å². The van der Waals surface area contributed by atoms with Crippen molar-refractivity contribution in [1.82, 2.24) is 5.32 Å². The van der Waals surface area contributed by atoms with E-state index in [4.69, 9.17) is 13.3 Å². The Morgan fingerprint density at radius 2 is 1.62 bits per heavy atom. The molecular weight excluding hydrogens is 190 g/mol. The van der Waals surface area contributed by atoms with Gasteiger partial charge in [0.1, 0.15) is 0 Å². The van der Waals surface area contributed by atoms with Crippen LogP contribution in [-0.4, -0.2) is 41.7 Å². The van der Waals surface area contributed by atoms with Crippen molar-refractivity contribution < 1.29 is 18.1 Å². The van der Waals surface area contributed by atoms with Crippen molar-refractivity contribution in [3.63, 3.8) is 0 Å². The largest absolute Gasteiger partial charge is 0.523 e. The molecule has 1 unspecified atom stereocenters. The molecule has 0 spiro atoms. The Morgan fingerprint density at radius 3 is 1.85 bits per heavy atom. The minimum Gasteiger partial charge on any atom is -0.376 e. The predicted octanol–water partition coefficient (Wildman–Crippen LogP) is -0.0717. The lowest BCUT2D eigenvalue weighted by atomic mass is 10.6. The Bertz CT molecular complexity index is 164. The van der Waals surface area contributed by atoms with Gasteiger partial charge in [0.2, 0.25) is 5.91 Å². The summed E-state index contributed by atoms with van der Waals surface area (Å²) in [5.41, 5.74) is -0.245. The number of hydrogen-bond acceptors (Lipinski definition) is 4. The van der Waals surface area contributed by atoms with Crippen LogP contribution in [0.1, 0.15) is 13.8 Å². The van der Waals surface area contributed by atoms with Crippen molar-refractivity contribution >= 4 is 14.7 Å². The summed E-state index contributed by atoms with van der Waals surface area (Å²) < 4.78 is 15.5. The lowest BCUT2D eigenvalue weighted by Crippen LogP contribution is -2.59. The molecule has 0 aliphatic heterocycles. The second-order valence-corrected chi connectivity index (χ2v) is 5.94. The normalized spacial score (nSPS) is 13.9. The molecule has 6 heteroatoms. The van der Waals surface area contributed by atoms with Gasteiger partial charge in [-0.1, -0.05) is 0 Å². The first-order valence-corrected chi connectivity index (χ1v) is 5.75. The molecule has 0 fully saturated rings. The van der Waals surface area contributed by atoms with Crippen LogP contribution >= 0.6 is 0 Å². The van der Waals surface area contributed by atoms with Gasteiger partial charge >= 0.3 is 8.80 Å². The summed E-state index contributed by atoms with van der Waals surface area (Å²) in [6, 6.07) is 0. The highest BCUT2D eigenvalue weighted by atomic mass is 28.4. The van der Waals surface area contributed by atoms with E-state index in [1.807, 2.05) is 0 Å². The first kappa shape index (κ1) is 12.6. The van der Waals surface area contributed by atoms with Crippen LogP contribution in [0, 0.1) is 0 Å². The maximum absolute atomic E-state index is 10.8. The van der Waals surface area contributed by atoms with E-state index >= 15 is 0 Å². The Hall–Kier alpha value is -0.433. The van der Waals surface area contributed by atoms with Crippen molar-refractivity contribution in [2.24, 2.45) is 0 Å². The lowest BCUT2D eigenvalue weighted by molar-refractivity contribution is -0.119. The van der Waals surface area contributed by atoms with E-state index in [1.54, 1.807) is 6.92 Å². The molecule has 0 aliphatic carbocycles. The summed E-state index contributed by atoms with van der Waals surface area (Å²) in [6.07, 6.45) is 0. The second kappa shape index (κ2) is 5.33. The van der Waals surface area contributed by atoms with Gasteiger partial charge in [-0.3, -0.25) is 4.79 Å². The molecule has 0 heterocycles. The number of carbonyl (C=O) groups excluding carboxylic acids is 1. The molecule has 1 amide bonds. The standard InChI is InChI=1S/C7H17NO4Si/c1-6(9)8-7(2)13(10-3,11-4)12-5/h7H,1-5H3,(H,8,9). The average Bonchev–Trinajstić information content (AvgIpc) is 2.07. The van der Waals surface area contributed by atoms with Crippen molar-refractivity contribution in [1.29, 1.82) is 0 Å². The molecule has 0 radical (unpaired) electrons. The van der Waals surface area contributed by atoms with Crippen LogP contribution in [-0.2, 0) is 18.1 Å². The molecule has 5 nitrogen and oxygen atoms in total. The van der Waals surface area contributed by atoms with Crippen LogP contribution in [0.4, 0.5) is 0 Å². The molecule has 1 atom stereocenters. The zero-order valence-electron chi connectivity index (χ0n) is 8.71. The fraction of sp³-hybridized carbons (Fsp3) is 0.857. The van der Waals surface area contributed by atoms with Crippen LogP contribution in [0.15, 0.2) is 0 Å². The summed E-state index contributed by atoms with van der Waals surface area (Å²) in [6.45, 7) is 3.24. The number of amides is 1. The van der Waals surface area contributed by atoms with Gasteiger partial charge in [-0.25, -0.2) is 0 Å². The highest BCUT2D eigenvalue weighted by molar-refractivity contribution is 6.62. The Kier molecular flexibility index (Phi) is 5.15. The smallest absolute Gasteiger partial charge is 0.376 e. The second-order valence-electron chi connectivity index (χ2n) is 2.64. The summed E-state index contributed by atoms with van der Waals surface area (Å²) in [5, 5.41) is 2.68. The van der Waals surface area contributed by atoms with Gasteiger partial charge in [0.25, 0.3) is 0 Å². The highest BCUT2D eigenvalue weighted by Crippen LogP contribution is 2.10. The molecule has 0 saturated heterocycles. The van der Waals surface area contributed by atoms with E-state index in [-0.39, 0.29) is 11.6 Å². The van der Waals surface area contributed by atoms with Gasteiger partial charge in [0.15, 0.2) is 0 Å². The third-order valence-corrected chi connectivity index (χ3v) is 4.72. The van der Waals surface area contributed by atoms with Crippen molar-refractivity contribution in [2.45, 2.75) is 19.5 Å². The number of carbonyl (C=O) groups is 1. The van der Waals surface area contributed by atoms with Gasteiger partial charge < -0.3 is 18.6 Å². The van der Waals surface area contributed by atoms with Crippen LogP contribution in [0.5, 0.6) is 0 Å². The summed E-state index contributed by atoms with van der Waals surface area (Å²) in [4.78, 5) is 10.8. The van der Waals surface area contributed by atoms with Gasteiger partial charge in [0, 0.05) is 28.3 Å². The summed E-state index contributed by atoms with van der Waals surface area (Å²) in [5.74, 6) is -0.129. The fourth-order valence-corrected chi connectivity index (χ4v) is 3.11.